The molecule has 1 fully saturated rings. The first-order chi connectivity index (χ1) is 9.61. The highest BCUT2D eigenvalue weighted by molar-refractivity contribution is 5.42. The van der Waals surface area contributed by atoms with Crippen LogP contribution >= 0.6 is 0 Å². The van der Waals surface area contributed by atoms with Crippen LogP contribution in [0.25, 0.3) is 0 Å². The zero-order valence-electron chi connectivity index (χ0n) is 13.4. The lowest BCUT2D eigenvalue weighted by atomic mass is 9.87. The van der Waals surface area contributed by atoms with E-state index in [0.717, 1.165) is 37.3 Å². The van der Waals surface area contributed by atoms with Crippen LogP contribution in [-0.2, 0) is 0 Å². The highest BCUT2D eigenvalue weighted by atomic mass is 15.2. The summed E-state index contributed by atoms with van der Waals surface area (Å²) in [6.45, 7) is 12.3. The summed E-state index contributed by atoms with van der Waals surface area (Å²) >= 11 is 0. The summed E-state index contributed by atoms with van der Waals surface area (Å²) in [6.07, 6.45) is 4.55. The summed E-state index contributed by atoms with van der Waals surface area (Å²) < 4.78 is 0. The summed E-state index contributed by atoms with van der Waals surface area (Å²) in [5.41, 5.74) is 1.34. The number of aromatic nitrogens is 1. The third-order valence-corrected chi connectivity index (χ3v) is 4.59. The van der Waals surface area contributed by atoms with E-state index in [-0.39, 0.29) is 0 Å². The molecule has 0 aromatic carbocycles. The van der Waals surface area contributed by atoms with E-state index in [9.17, 15) is 0 Å². The minimum Gasteiger partial charge on any atom is -0.357 e. The van der Waals surface area contributed by atoms with Gasteiger partial charge in [-0.2, -0.15) is 0 Å². The van der Waals surface area contributed by atoms with Gasteiger partial charge in [-0.05, 0) is 55.8 Å². The van der Waals surface area contributed by atoms with Crippen LogP contribution in [0.3, 0.4) is 0 Å². The van der Waals surface area contributed by atoms with Gasteiger partial charge in [-0.15, -0.1) is 0 Å². The molecule has 0 bridgehead atoms. The number of hydrogen-bond donors (Lipinski definition) is 1. The van der Waals surface area contributed by atoms with Crippen molar-refractivity contribution in [3.63, 3.8) is 0 Å². The molecule has 3 nitrogen and oxygen atoms in total. The molecular formula is C17H29N3. The van der Waals surface area contributed by atoms with Crippen molar-refractivity contribution in [2.45, 2.75) is 46.6 Å². The van der Waals surface area contributed by atoms with Crippen LogP contribution in [0, 0.1) is 11.8 Å². The quantitative estimate of drug-likeness (QED) is 0.889. The fourth-order valence-electron chi connectivity index (χ4n) is 3.10. The Balaban J connectivity index is 2.01. The molecule has 1 saturated heterocycles. The van der Waals surface area contributed by atoms with Crippen LogP contribution in [0.1, 0.15) is 52.1 Å². The zero-order valence-corrected chi connectivity index (χ0v) is 13.4. The predicted octanol–water partition coefficient (Wildman–Crippen LogP) is 3.62. The van der Waals surface area contributed by atoms with Gasteiger partial charge < -0.3 is 10.2 Å². The highest BCUT2D eigenvalue weighted by Crippen LogP contribution is 2.27. The number of nitrogens with zero attached hydrogens (tertiary/aromatic N) is 2. The molecule has 1 aliphatic heterocycles. The van der Waals surface area contributed by atoms with Crippen LogP contribution in [0.4, 0.5) is 5.82 Å². The number of nitrogens with one attached hydrogen (secondary N) is 1. The van der Waals surface area contributed by atoms with Crippen LogP contribution in [0.2, 0.25) is 0 Å². The summed E-state index contributed by atoms with van der Waals surface area (Å²) in [5.74, 6) is 2.84. The zero-order chi connectivity index (χ0) is 14.5. The van der Waals surface area contributed by atoms with Crippen LogP contribution in [0.5, 0.6) is 0 Å². The van der Waals surface area contributed by atoms with Gasteiger partial charge in [0.1, 0.15) is 5.82 Å². The SMILES string of the molecule is CCNC(C)c1ccnc(N2CCC(C(C)C)CC2)c1. The Labute approximate surface area is 123 Å². The van der Waals surface area contributed by atoms with Crippen LogP contribution in [-0.4, -0.2) is 24.6 Å². The predicted molar refractivity (Wildman–Crippen MR) is 86.1 cm³/mol. The molecule has 1 atom stereocenters. The second kappa shape index (κ2) is 7.07. The highest BCUT2D eigenvalue weighted by Gasteiger charge is 2.22. The molecule has 2 rings (SSSR count). The van der Waals surface area contributed by atoms with E-state index in [0.29, 0.717) is 6.04 Å². The topological polar surface area (TPSA) is 28.2 Å². The molecule has 0 amide bonds. The van der Waals surface area contributed by atoms with Crippen LogP contribution < -0.4 is 10.2 Å². The van der Waals surface area contributed by atoms with Crippen molar-refractivity contribution in [3.8, 4) is 0 Å². The van der Waals surface area contributed by atoms with E-state index in [2.05, 4.69) is 55.0 Å². The van der Waals surface area contributed by atoms with E-state index in [1.54, 1.807) is 0 Å². The maximum atomic E-state index is 4.57. The monoisotopic (exact) mass is 275 g/mol. The van der Waals surface area contributed by atoms with E-state index in [1.165, 1.54) is 18.4 Å². The number of anilines is 1. The Morgan fingerprint density at radius 2 is 2.00 bits per heavy atom. The third-order valence-electron chi connectivity index (χ3n) is 4.59. The molecule has 1 aromatic heterocycles. The van der Waals surface area contributed by atoms with E-state index < -0.39 is 0 Å². The Morgan fingerprint density at radius 1 is 1.30 bits per heavy atom. The number of rotatable bonds is 5. The summed E-state index contributed by atoms with van der Waals surface area (Å²) in [5, 5.41) is 3.47. The third kappa shape index (κ3) is 3.72. The van der Waals surface area contributed by atoms with Gasteiger partial charge in [-0.25, -0.2) is 4.98 Å². The maximum absolute atomic E-state index is 4.57. The Hall–Kier alpha value is -1.09. The van der Waals surface area contributed by atoms with Gasteiger partial charge in [-0.3, -0.25) is 0 Å². The van der Waals surface area contributed by atoms with Gasteiger partial charge in [0.15, 0.2) is 0 Å². The summed E-state index contributed by atoms with van der Waals surface area (Å²) in [6, 6.07) is 4.77. The van der Waals surface area contributed by atoms with Crippen molar-refractivity contribution in [1.82, 2.24) is 10.3 Å². The lowest BCUT2D eigenvalue weighted by molar-refractivity contribution is 0.310. The van der Waals surface area contributed by atoms with Crippen molar-refractivity contribution in [2.75, 3.05) is 24.5 Å². The molecule has 0 spiro atoms. The minimum atomic E-state index is 0.398. The smallest absolute Gasteiger partial charge is 0.128 e. The molecule has 1 aliphatic rings. The van der Waals surface area contributed by atoms with Gasteiger partial charge in [0, 0.05) is 25.3 Å². The summed E-state index contributed by atoms with van der Waals surface area (Å²) in [4.78, 5) is 7.02. The van der Waals surface area contributed by atoms with Gasteiger partial charge >= 0.3 is 0 Å². The fraction of sp³-hybridized carbons (Fsp3) is 0.706. The number of hydrogen-bond acceptors (Lipinski definition) is 3. The van der Waals surface area contributed by atoms with E-state index >= 15 is 0 Å². The fourth-order valence-corrected chi connectivity index (χ4v) is 3.10. The lowest BCUT2D eigenvalue weighted by Crippen LogP contribution is -2.35. The molecular weight excluding hydrogens is 246 g/mol. The molecule has 20 heavy (non-hydrogen) atoms. The van der Waals surface area contributed by atoms with Crippen molar-refractivity contribution in [2.24, 2.45) is 11.8 Å². The summed E-state index contributed by atoms with van der Waals surface area (Å²) in [7, 11) is 0. The molecule has 1 N–H and O–H groups in total. The Kier molecular flexibility index (Phi) is 5.41. The van der Waals surface area contributed by atoms with Crippen molar-refractivity contribution >= 4 is 5.82 Å². The first kappa shape index (κ1) is 15.3. The molecule has 2 heterocycles. The van der Waals surface area contributed by atoms with Gasteiger partial charge in [-0.1, -0.05) is 20.8 Å². The Morgan fingerprint density at radius 3 is 2.60 bits per heavy atom. The van der Waals surface area contributed by atoms with E-state index in [4.69, 9.17) is 0 Å². The minimum absolute atomic E-state index is 0.398. The van der Waals surface area contributed by atoms with Gasteiger partial charge in [0.05, 0.1) is 0 Å². The Bertz CT molecular complexity index is 408. The van der Waals surface area contributed by atoms with Crippen molar-refractivity contribution < 1.29 is 0 Å². The van der Waals surface area contributed by atoms with Gasteiger partial charge in [0.25, 0.3) is 0 Å². The standard InChI is InChI=1S/C17H29N3/c1-5-18-14(4)16-6-9-19-17(12-16)20-10-7-15(8-11-20)13(2)3/h6,9,12-15,18H,5,7-8,10-11H2,1-4H3. The number of pyridine rings is 1. The largest absolute Gasteiger partial charge is 0.357 e. The first-order valence-corrected chi connectivity index (χ1v) is 8.06. The average Bonchev–Trinajstić information content (AvgIpc) is 2.48. The second-order valence-corrected chi connectivity index (χ2v) is 6.30. The number of piperidine rings is 1. The lowest BCUT2D eigenvalue weighted by Gasteiger charge is -2.34. The molecule has 0 radical (unpaired) electrons. The van der Waals surface area contributed by atoms with Crippen molar-refractivity contribution in [3.05, 3.63) is 23.9 Å². The van der Waals surface area contributed by atoms with E-state index in [1.807, 2.05) is 6.20 Å². The molecule has 112 valence electrons. The normalized spacial score (nSPS) is 18.6. The molecule has 0 aliphatic carbocycles. The molecule has 0 saturated carbocycles. The molecule has 1 unspecified atom stereocenters. The second-order valence-electron chi connectivity index (χ2n) is 6.30. The first-order valence-electron chi connectivity index (χ1n) is 8.06. The average molecular weight is 275 g/mol. The van der Waals surface area contributed by atoms with Crippen LogP contribution in [0.15, 0.2) is 18.3 Å². The molecule has 1 aromatic rings. The van der Waals surface area contributed by atoms with Gasteiger partial charge in [0.2, 0.25) is 0 Å². The maximum Gasteiger partial charge on any atom is 0.128 e. The van der Waals surface area contributed by atoms with Crippen molar-refractivity contribution in [1.29, 1.82) is 0 Å². The molecule has 3 heteroatoms.